The Kier molecular flexibility index (Phi) is 6.07. The van der Waals surface area contributed by atoms with E-state index in [4.69, 9.17) is 9.97 Å². The summed E-state index contributed by atoms with van der Waals surface area (Å²) >= 11 is 0. The summed E-state index contributed by atoms with van der Waals surface area (Å²) in [5, 5.41) is 7.33. The number of aromatic amines is 1. The first-order chi connectivity index (χ1) is 19.5. The summed E-state index contributed by atoms with van der Waals surface area (Å²) in [6, 6.07) is 13.1. The highest BCUT2D eigenvalue weighted by Crippen LogP contribution is 2.35. The van der Waals surface area contributed by atoms with Gasteiger partial charge in [-0.3, -0.25) is 14.6 Å². The van der Waals surface area contributed by atoms with Crippen molar-refractivity contribution >= 4 is 5.82 Å². The number of hydrogen-bond donors (Lipinski definition) is 1. The first-order valence-electron chi connectivity index (χ1n) is 13.4. The fraction of sp³-hybridized carbons (Fsp3) is 0.310. The van der Waals surface area contributed by atoms with Crippen LogP contribution in [-0.4, -0.2) is 69.8 Å². The molecular weight excluding hydrogens is 507 g/mol. The van der Waals surface area contributed by atoms with Gasteiger partial charge in [0.1, 0.15) is 18.0 Å². The van der Waals surface area contributed by atoms with E-state index in [1.54, 1.807) is 4.57 Å². The molecule has 2 bridgehead atoms. The number of pyridine rings is 2. The number of fused-ring (bicyclic) bond motifs is 2. The summed E-state index contributed by atoms with van der Waals surface area (Å²) in [5.74, 6) is 1.81. The number of hydrogen-bond acceptors (Lipinski definition) is 8. The number of piperidine rings is 1. The zero-order valence-electron chi connectivity index (χ0n) is 22.4. The number of H-pyrrole nitrogens is 1. The number of anilines is 1. The maximum absolute atomic E-state index is 13.2. The van der Waals surface area contributed by atoms with E-state index >= 15 is 0 Å². The minimum absolute atomic E-state index is 0.482. The Morgan fingerprint density at radius 1 is 0.925 bits per heavy atom. The van der Waals surface area contributed by atoms with Crippen LogP contribution >= 0.6 is 0 Å². The topological polar surface area (TPSA) is 105 Å². The second kappa shape index (κ2) is 9.91. The quantitative estimate of drug-likeness (QED) is 0.336. The van der Waals surface area contributed by atoms with E-state index in [2.05, 4.69) is 53.1 Å². The van der Waals surface area contributed by atoms with Gasteiger partial charge in [0.05, 0.1) is 17.6 Å². The summed E-state index contributed by atoms with van der Waals surface area (Å²) in [6.07, 6.45) is 8.36. The van der Waals surface area contributed by atoms with Gasteiger partial charge in [0.15, 0.2) is 5.82 Å². The molecule has 8 heterocycles. The SMILES string of the molecule is Cc1cc(Cc2cc(C)[nH]n2)nc(-c2ccc(N3CC4CC(C3)N4Cc3ccc(-n4cnc(F)c4)nc3)nc2)n1. The predicted molar refractivity (Wildman–Crippen MR) is 147 cm³/mol. The van der Waals surface area contributed by atoms with Crippen LogP contribution in [0, 0.1) is 19.8 Å². The van der Waals surface area contributed by atoms with Crippen molar-refractivity contribution in [2.75, 3.05) is 18.0 Å². The number of imidazole rings is 1. The average molecular weight is 537 g/mol. The molecule has 8 rings (SSSR count). The lowest BCUT2D eigenvalue weighted by Crippen LogP contribution is -2.68. The van der Waals surface area contributed by atoms with Crippen LogP contribution in [0.15, 0.2) is 61.3 Å². The number of aryl methyl sites for hydroxylation is 2. The highest BCUT2D eigenvalue weighted by Gasteiger charge is 2.44. The van der Waals surface area contributed by atoms with Gasteiger partial charge in [0.2, 0.25) is 5.95 Å². The third-order valence-electron chi connectivity index (χ3n) is 7.69. The van der Waals surface area contributed by atoms with Crippen LogP contribution in [0.3, 0.4) is 0 Å². The first kappa shape index (κ1) is 24.5. The van der Waals surface area contributed by atoms with E-state index in [1.165, 1.54) is 18.9 Å². The van der Waals surface area contributed by atoms with Crippen LogP contribution in [0.25, 0.3) is 17.2 Å². The molecule has 3 aliphatic heterocycles. The predicted octanol–water partition coefficient (Wildman–Crippen LogP) is 3.65. The Morgan fingerprint density at radius 2 is 1.75 bits per heavy atom. The molecule has 3 saturated heterocycles. The van der Waals surface area contributed by atoms with Crippen molar-refractivity contribution in [1.82, 2.24) is 44.6 Å². The Balaban J connectivity index is 0.991. The highest BCUT2D eigenvalue weighted by molar-refractivity contribution is 5.57. The van der Waals surface area contributed by atoms with Crippen molar-refractivity contribution in [3.8, 4) is 17.2 Å². The normalized spacial score (nSPS) is 18.6. The number of nitrogens with one attached hydrogen (secondary N) is 1. The molecule has 5 aromatic heterocycles. The zero-order valence-corrected chi connectivity index (χ0v) is 22.4. The Labute approximate surface area is 231 Å². The first-order valence-corrected chi connectivity index (χ1v) is 13.4. The molecule has 0 saturated carbocycles. The van der Waals surface area contributed by atoms with Crippen molar-refractivity contribution in [2.45, 2.75) is 45.3 Å². The average Bonchev–Trinajstić information content (AvgIpc) is 3.59. The molecule has 1 N–H and O–H groups in total. The Morgan fingerprint density at radius 3 is 2.42 bits per heavy atom. The van der Waals surface area contributed by atoms with Gasteiger partial charge >= 0.3 is 0 Å². The van der Waals surface area contributed by atoms with E-state index in [-0.39, 0.29) is 0 Å². The highest BCUT2D eigenvalue weighted by atomic mass is 19.1. The molecule has 202 valence electrons. The lowest BCUT2D eigenvalue weighted by Gasteiger charge is -2.56. The second-order valence-corrected chi connectivity index (χ2v) is 10.7. The van der Waals surface area contributed by atoms with Crippen LogP contribution in [-0.2, 0) is 13.0 Å². The fourth-order valence-corrected chi connectivity index (χ4v) is 5.74. The van der Waals surface area contributed by atoms with Crippen molar-refractivity contribution in [2.24, 2.45) is 0 Å². The monoisotopic (exact) mass is 536 g/mol. The second-order valence-electron chi connectivity index (χ2n) is 10.7. The lowest BCUT2D eigenvalue weighted by molar-refractivity contribution is -0.00875. The molecule has 5 aromatic rings. The standard InChI is InChI=1S/C29H29FN10/c1-18-7-22(9-23-8-19(2)36-37-23)35-29(34-18)21-4-6-27(32-12-21)38-14-24-10-25(15-38)40(24)13-20-3-5-28(31-11-20)39-16-26(30)33-17-39/h3-8,11-12,16-17,24-25H,9-10,13-15H2,1-2H3,(H,36,37). The number of halogens is 1. The molecule has 3 aliphatic rings. The zero-order chi connectivity index (χ0) is 27.2. The lowest BCUT2D eigenvalue weighted by atomic mass is 9.87. The van der Waals surface area contributed by atoms with Crippen LogP contribution in [0.2, 0.25) is 0 Å². The minimum atomic E-state index is -0.512. The van der Waals surface area contributed by atoms with Crippen molar-refractivity contribution in [3.63, 3.8) is 0 Å². The van der Waals surface area contributed by atoms with E-state index in [1.807, 2.05) is 44.4 Å². The summed E-state index contributed by atoms with van der Waals surface area (Å²) in [5.41, 5.74) is 5.92. The molecule has 2 atom stereocenters. The Hall–Kier alpha value is -4.51. The number of piperazine rings is 1. The van der Waals surface area contributed by atoms with Gasteiger partial charge in [-0.1, -0.05) is 6.07 Å². The maximum atomic E-state index is 13.2. The molecule has 10 nitrogen and oxygen atoms in total. The molecule has 0 radical (unpaired) electrons. The maximum Gasteiger partial charge on any atom is 0.231 e. The molecule has 40 heavy (non-hydrogen) atoms. The molecule has 0 amide bonds. The number of aromatic nitrogens is 8. The van der Waals surface area contributed by atoms with Crippen LogP contribution in [0.5, 0.6) is 0 Å². The van der Waals surface area contributed by atoms with Gasteiger partial charge < -0.3 is 4.90 Å². The van der Waals surface area contributed by atoms with Gasteiger partial charge in [0.25, 0.3) is 0 Å². The summed E-state index contributed by atoms with van der Waals surface area (Å²) in [7, 11) is 0. The molecule has 0 aromatic carbocycles. The van der Waals surface area contributed by atoms with E-state index in [0.717, 1.165) is 59.4 Å². The third-order valence-corrected chi connectivity index (χ3v) is 7.69. The molecule has 0 spiro atoms. The molecule has 11 heteroatoms. The summed E-state index contributed by atoms with van der Waals surface area (Å²) in [6.45, 7) is 6.72. The summed E-state index contributed by atoms with van der Waals surface area (Å²) in [4.78, 5) is 27.3. The van der Waals surface area contributed by atoms with Crippen molar-refractivity contribution in [1.29, 1.82) is 0 Å². The fourth-order valence-electron chi connectivity index (χ4n) is 5.74. The van der Waals surface area contributed by atoms with Crippen LogP contribution in [0.1, 0.15) is 34.8 Å². The van der Waals surface area contributed by atoms with Gasteiger partial charge in [0, 0.05) is 67.5 Å². The van der Waals surface area contributed by atoms with E-state index in [9.17, 15) is 4.39 Å². The van der Waals surface area contributed by atoms with Crippen molar-refractivity contribution in [3.05, 3.63) is 95.6 Å². The molecule has 3 fully saturated rings. The van der Waals surface area contributed by atoms with E-state index in [0.29, 0.717) is 30.1 Å². The molecular formula is C29H29FN10. The smallest absolute Gasteiger partial charge is 0.231 e. The van der Waals surface area contributed by atoms with Gasteiger partial charge in [-0.15, -0.1) is 0 Å². The number of rotatable bonds is 7. The number of nitrogens with zero attached hydrogens (tertiary/aromatic N) is 9. The van der Waals surface area contributed by atoms with E-state index < -0.39 is 5.95 Å². The van der Waals surface area contributed by atoms with Gasteiger partial charge in [-0.25, -0.2) is 24.9 Å². The molecule has 0 aliphatic carbocycles. The Bertz CT molecular complexity index is 1630. The molecule has 2 unspecified atom stereocenters. The van der Waals surface area contributed by atoms with Crippen LogP contribution < -0.4 is 4.90 Å². The van der Waals surface area contributed by atoms with Gasteiger partial charge in [-0.05, 0) is 56.2 Å². The summed E-state index contributed by atoms with van der Waals surface area (Å²) < 4.78 is 14.8. The largest absolute Gasteiger partial charge is 0.353 e. The van der Waals surface area contributed by atoms with Crippen LogP contribution in [0.4, 0.5) is 10.2 Å². The van der Waals surface area contributed by atoms with Gasteiger partial charge in [-0.2, -0.15) is 9.49 Å². The third kappa shape index (κ3) is 4.84. The minimum Gasteiger partial charge on any atom is -0.353 e. The van der Waals surface area contributed by atoms with Crippen molar-refractivity contribution < 1.29 is 4.39 Å².